The van der Waals surface area contributed by atoms with Gasteiger partial charge in [0.15, 0.2) is 15.7 Å². The van der Waals surface area contributed by atoms with Crippen molar-refractivity contribution in [3.63, 3.8) is 0 Å². The lowest BCUT2D eigenvalue weighted by molar-refractivity contribution is -0.0491. The van der Waals surface area contributed by atoms with Crippen molar-refractivity contribution < 1.29 is 17.9 Å². The fourth-order valence-corrected chi connectivity index (χ4v) is 4.12. The number of nitrogens with zero attached hydrogens (tertiary/aromatic N) is 3. The summed E-state index contributed by atoms with van der Waals surface area (Å²) in [6, 6.07) is 1.77. The number of rotatable bonds is 5. The smallest absolute Gasteiger partial charge is 0.200 e. The molecule has 25 heavy (non-hydrogen) atoms. The molecular formula is C17H21N3O4S. The summed E-state index contributed by atoms with van der Waals surface area (Å²) >= 11 is 0. The van der Waals surface area contributed by atoms with Gasteiger partial charge in [-0.15, -0.1) is 0 Å². The van der Waals surface area contributed by atoms with Crippen LogP contribution in [0.3, 0.4) is 0 Å². The first kappa shape index (κ1) is 16.7. The molecule has 134 valence electrons. The highest BCUT2D eigenvalue weighted by Gasteiger charge is 2.30. The summed E-state index contributed by atoms with van der Waals surface area (Å²) in [6.45, 7) is 2.72. The molecule has 1 aliphatic carbocycles. The second kappa shape index (κ2) is 6.19. The van der Waals surface area contributed by atoms with Gasteiger partial charge in [0.2, 0.25) is 6.29 Å². The maximum absolute atomic E-state index is 12.6. The number of pyridine rings is 1. The van der Waals surface area contributed by atoms with Crippen LogP contribution in [0, 0.1) is 0 Å². The minimum atomic E-state index is -3.41. The zero-order chi connectivity index (χ0) is 17.6. The van der Waals surface area contributed by atoms with Gasteiger partial charge in [-0.1, -0.05) is 6.92 Å². The van der Waals surface area contributed by atoms with Crippen molar-refractivity contribution >= 4 is 9.84 Å². The Kier molecular flexibility index (Phi) is 4.13. The van der Waals surface area contributed by atoms with Crippen LogP contribution < -0.4 is 0 Å². The molecule has 2 aromatic rings. The van der Waals surface area contributed by atoms with Crippen molar-refractivity contribution in [2.24, 2.45) is 7.05 Å². The largest absolute Gasteiger partial charge is 0.345 e. The quantitative estimate of drug-likeness (QED) is 0.810. The first-order valence-corrected chi connectivity index (χ1v) is 10.1. The number of aromatic nitrogens is 3. The van der Waals surface area contributed by atoms with Crippen molar-refractivity contribution in [2.75, 3.05) is 19.0 Å². The summed E-state index contributed by atoms with van der Waals surface area (Å²) in [5.41, 5.74) is 2.13. The molecule has 0 N–H and O–H groups in total. The van der Waals surface area contributed by atoms with Gasteiger partial charge in [-0.25, -0.2) is 13.4 Å². The Balaban J connectivity index is 1.82. The molecule has 1 aliphatic heterocycles. The first-order chi connectivity index (χ1) is 12.0. The average molecular weight is 363 g/mol. The highest BCUT2D eigenvalue weighted by atomic mass is 32.2. The molecule has 0 radical (unpaired) electrons. The minimum Gasteiger partial charge on any atom is -0.345 e. The molecule has 0 amide bonds. The summed E-state index contributed by atoms with van der Waals surface area (Å²) in [7, 11) is -1.59. The van der Waals surface area contributed by atoms with Gasteiger partial charge in [-0.3, -0.25) is 4.98 Å². The normalized spacial score (nSPS) is 18.8. The van der Waals surface area contributed by atoms with Crippen LogP contribution in [0.1, 0.15) is 43.2 Å². The summed E-state index contributed by atoms with van der Waals surface area (Å²) in [5, 5.41) is 0. The molecule has 0 bridgehead atoms. The Morgan fingerprint density at radius 2 is 1.92 bits per heavy atom. The number of imidazole rings is 1. The molecule has 0 unspecified atom stereocenters. The number of ether oxygens (including phenoxy) is 2. The van der Waals surface area contributed by atoms with Gasteiger partial charge in [-0.05, 0) is 30.4 Å². The predicted molar refractivity (Wildman–Crippen MR) is 90.8 cm³/mol. The zero-order valence-electron chi connectivity index (χ0n) is 14.3. The van der Waals surface area contributed by atoms with Gasteiger partial charge in [0.1, 0.15) is 5.69 Å². The summed E-state index contributed by atoms with van der Waals surface area (Å²) in [5.74, 6) is 0.968. The Hall–Kier alpha value is -1.77. The fourth-order valence-electron chi connectivity index (χ4n) is 3.05. The highest BCUT2D eigenvalue weighted by molar-refractivity contribution is 7.91. The van der Waals surface area contributed by atoms with Crippen LogP contribution in [-0.4, -0.2) is 41.9 Å². The van der Waals surface area contributed by atoms with Gasteiger partial charge in [0.25, 0.3) is 0 Å². The van der Waals surface area contributed by atoms with Crippen molar-refractivity contribution in [3.8, 4) is 11.5 Å². The molecule has 8 heteroatoms. The Bertz CT molecular complexity index is 897. The van der Waals surface area contributed by atoms with Crippen LogP contribution in [0.15, 0.2) is 23.4 Å². The summed E-state index contributed by atoms with van der Waals surface area (Å²) in [6.07, 6.45) is 5.15. The third-order valence-corrected chi connectivity index (χ3v) is 6.48. The second-order valence-electron chi connectivity index (χ2n) is 6.43. The Morgan fingerprint density at radius 1 is 1.20 bits per heavy atom. The van der Waals surface area contributed by atoms with E-state index >= 15 is 0 Å². The first-order valence-electron chi connectivity index (χ1n) is 8.49. The van der Waals surface area contributed by atoms with Gasteiger partial charge >= 0.3 is 0 Å². The second-order valence-corrected chi connectivity index (χ2v) is 8.68. The standard InChI is InChI=1S/C17H21N3O4S/c1-3-25(21,22)14-8-12(11-4-5-11)9-18-15(14)16-19-10-13(20(16)2)17-23-6-7-24-17/h8-11,17H,3-7H2,1-2H3. The van der Waals surface area contributed by atoms with E-state index in [1.54, 1.807) is 30.0 Å². The number of hydrogen-bond acceptors (Lipinski definition) is 6. The van der Waals surface area contributed by atoms with Gasteiger partial charge < -0.3 is 14.0 Å². The maximum atomic E-state index is 12.6. The van der Waals surface area contributed by atoms with E-state index in [1.165, 1.54) is 0 Å². The molecule has 0 spiro atoms. The summed E-state index contributed by atoms with van der Waals surface area (Å²) < 4.78 is 38.1. The SMILES string of the molecule is CCS(=O)(=O)c1cc(C2CC2)cnc1-c1ncc(C2OCCO2)n1C. The Labute approximate surface area is 146 Å². The molecule has 7 nitrogen and oxygen atoms in total. The number of sulfone groups is 1. The Morgan fingerprint density at radius 3 is 2.56 bits per heavy atom. The molecule has 2 aromatic heterocycles. The van der Waals surface area contributed by atoms with Gasteiger partial charge in [0.05, 0.1) is 35.8 Å². The molecule has 4 rings (SSSR count). The van der Waals surface area contributed by atoms with Crippen LogP contribution in [0.4, 0.5) is 0 Å². The van der Waals surface area contributed by atoms with Crippen molar-refractivity contribution in [3.05, 3.63) is 29.7 Å². The predicted octanol–water partition coefficient (Wildman–Crippen LogP) is 2.20. The van der Waals surface area contributed by atoms with Gasteiger partial charge in [0, 0.05) is 13.2 Å². The molecule has 2 aliphatic rings. The van der Waals surface area contributed by atoms with Crippen molar-refractivity contribution in [2.45, 2.75) is 36.9 Å². The van der Waals surface area contributed by atoms with E-state index in [-0.39, 0.29) is 10.6 Å². The third-order valence-electron chi connectivity index (χ3n) is 4.74. The number of hydrogen-bond donors (Lipinski definition) is 0. The van der Waals surface area contributed by atoms with E-state index in [0.29, 0.717) is 30.7 Å². The molecule has 2 fully saturated rings. The molecule has 1 saturated heterocycles. The van der Waals surface area contributed by atoms with E-state index in [0.717, 1.165) is 24.1 Å². The van der Waals surface area contributed by atoms with E-state index in [9.17, 15) is 8.42 Å². The van der Waals surface area contributed by atoms with Crippen LogP contribution in [-0.2, 0) is 26.4 Å². The molecule has 1 saturated carbocycles. The van der Waals surface area contributed by atoms with E-state index in [2.05, 4.69) is 9.97 Å². The molecule has 0 atom stereocenters. The molecular weight excluding hydrogens is 342 g/mol. The van der Waals surface area contributed by atoms with Crippen molar-refractivity contribution in [1.82, 2.24) is 14.5 Å². The molecule has 0 aromatic carbocycles. The lowest BCUT2D eigenvalue weighted by Gasteiger charge is -2.13. The lowest BCUT2D eigenvalue weighted by atomic mass is 10.2. The zero-order valence-corrected chi connectivity index (χ0v) is 15.1. The lowest BCUT2D eigenvalue weighted by Crippen LogP contribution is -2.11. The molecule has 3 heterocycles. The topological polar surface area (TPSA) is 83.3 Å². The van der Waals surface area contributed by atoms with Crippen LogP contribution >= 0.6 is 0 Å². The maximum Gasteiger partial charge on any atom is 0.200 e. The van der Waals surface area contributed by atoms with Crippen LogP contribution in [0.25, 0.3) is 11.5 Å². The van der Waals surface area contributed by atoms with Crippen molar-refractivity contribution in [1.29, 1.82) is 0 Å². The monoisotopic (exact) mass is 363 g/mol. The van der Waals surface area contributed by atoms with E-state index in [1.807, 2.05) is 7.05 Å². The van der Waals surface area contributed by atoms with E-state index < -0.39 is 16.1 Å². The highest BCUT2D eigenvalue weighted by Crippen LogP contribution is 2.41. The minimum absolute atomic E-state index is 0.0297. The van der Waals surface area contributed by atoms with E-state index in [4.69, 9.17) is 9.47 Å². The van der Waals surface area contributed by atoms with Gasteiger partial charge in [-0.2, -0.15) is 0 Å². The fraction of sp³-hybridized carbons (Fsp3) is 0.529. The third kappa shape index (κ3) is 2.98. The van der Waals surface area contributed by atoms with Crippen LogP contribution in [0.2, 0.25) is 0 Å². The van der Waals surface area contributed by atoms with Crippen LogP contribution in [0.5, 0.6) is 0 Å². The average Bonchev–Trinajstić information content (AvgIpc) is 3.19. The summed E-state index contributed by atoms with van der Waals surface area (Å²) in [4.78, 5) is 9.14.